The van der Waals surface area contributed by atoms with Crippen LogP contribution in [0.5, 0.6) is 0 Å². The maximum Gasteiger partial charge on any atom is 0.338 e. The highest BCUT2D eigenvalue weighted by molar-refractivity contribution is 6.08. The summed E-state index contributed by atoms with van der Waals surface area (Å²) in [6.45, 7) is 1.17. The summed E-state index contributed by atoms with van der Waals surface area (Å²) >= 11 is 0. The number of allylic oxidation sites excluding steroid dienone is 2. The highest BCUT2D eigenvalue weighted by atomic mass is 16.5. The second-order valence-corrected chi connectivity index (χ2v) is 8.18. The summed E-state index contributed by atoms with van der Waals surface area (Å²) in [6, 6.07) is 6.10. The van der Waals surface area contributed by atoms with Crippen LogP contribution in [-0.2, 0) is 28.7 Å². The Balaban J connectivity index is 1.23. The molecule has 1 aliphatic heterocycles. The number of fused-ring (bicyclic) bond motifs is 5. The van der Waals surface area contributed by atoms with Crippen LogP contribution < -0.4 is 5.32 Å². The number of nitrogens with zero attached hydrogens (tertiary/aromatic N) is 1. The van der Waals surface area contributed by atoms with Crippen LogP contribution in [0.4, 0.5) is 5.69 Å². The third-order valence-corrected chi connectivity index (χ3v) is 6.05. The fourth-order valence-electron chi connectivity index (χ4n) is 4.61. The average Bonchev–Trinajstić information content (AvgIpc) is 3.47. The fraction of sp³-hybridized carbons (Fsp3) is 0.435. The summed E-state index contributed by atoms with van der Waals surface area (Å²) in [5.74, 6) is -3.16. The molecule has 168 valence electrons. The maximum atomic E-state index is 12.6. The van der Waals surface area contributed by atoms with Gasteiger partial charge in [-0.3, -0.25) is 24.1 Å². The summed E-state index contributed by atoms with van der Waals surface area (Å²) in [5.41, 5.74) is 0.773. The molecule has 1 saturated heterocycles. The second-order valence-electron chi connectivity index (χ2n) is 8.18. The number of imide groups is 1. The minimum atomic E-state index is -0.823. The molecule has 1 aromatic rings. The van der Waals surface area contributed by atoms with Crippen molar-refractivity contribution in [2.75, 3.05) is 25.1 Å². The number of ether oxygens (including phenoxy) is 2. The van der Waals surface area contributed by atoms with Crippen molar-refractivity contribution in [1.82, 2.24) is 4.90 Å². The standard InChI is InChI=1S/C23H24N2O7/c1-2-9-31-23(30)13-5-7-16(8-6-13)24-17(26)12-32-18(27)11-25-21(28)19-14-3-4-15(10-14)20(19)22(25)29/h3-8,14-15,19-20H,2,9-12H2,1H3,(H,24,26)/t14-,15-,19-,20-/m0/s1. The molecule has 3 aliphatic rings. The van der Waals surface area contributed by atoms with Gasteiger partial charge in [0.1, 0.15) is 6.54 Å². The molecule has 32 heavy (non-hydrogen) atoms. The Hall–Kier alpha value is -3.49. The van der Waals surface area contributed by atoms with Crippen molar-refractivity contribution in [3.05, 3.63) is 42.0 Å². The van der Waals surface area contributed by atoms with Gasteiger partial charge in [-0.1, -0.05) is 19.1 Å². The first-order valence-electron chi connectivity index (χ1n) is 10.6. The summed E-state index contributed by atoms with van der Waals surface area (Å²) in [5, 5.41) is 2.55. The van der Waals surface area contributed by atoms with E-state index in [0.717, 1.165) is 17.7 Å². The number of esters is 2. The van der Waals surface area contributed by atoms with Crippen LogP contribution in [-0.4, -0.2) is 54.3 Å². The van der Waals surface area contributed by atoms with Crippen LogP contribution in [0.1, 0.15) is 30.1 Å². The number of amides is 3. The lowest BCUT2D eigenvalue weighted by atomic mass is 9.85. The van der Waals surface area contributed by atoms with Gasteiger partial charge >= 0.3 is 11.9 Å². The summed E-state index contributed by atoms with van der Waals surface area (Å²) in [4.78, 5) is 62.1. The van der Waals surface area contributed by atoms with Gasteiger partial charge in [-0.05, 0) is 48.9 Å². The van der Waals surface area contributed by atoms with E-state index < -0.39 is 31.0 Å². The van der Waals surface area contributed by atoms with Gasteiger partial charge in [-0.15, -0.1) is 0 Å². The van der Waals surface area contributed by atoms with E-state index in [2.05, 4.69) is 5.32 Å². The molecule has 2 bridgehead atoms. The first kappa shape index (κ1) is 21.7. The molecule has 0 radical (unpaired) electrons. The smallest absolute Gasteiger partial charge is 0.338 e. The fourth-order valence-corrected chi connectivity index (χ4v) is 4.61. The monoisotopic (exact) mass is 440 g/mol. The van der Waals surface area contributed by atoms with Crippen molar-refractivity contribution < 1.29 is 33.4 Å². The van der Waals surface area contributed by atoms with E-state index >= 15 is 0 Å². The zero-order valence-electron chi connectivity index (χ0n) is 17.6. The Labute approximate surface area is 184 Å². The van der Waals surface area contributed by atoms with E-state index in [-0.39, 0.29) is 35.5 Å². The minimum Gasteiger partial charge on any atom is -0.462 e. The highest BCUT2D eigenvalue weighted by Gasteiger charge is 2.59. The van der Waals surface area contributed by atoms with E-state index in [4.69, 9.17) is 9.47 Å². The number of likely N-dealkylation sites (tertiary alicyclic amines) is 1. The number of nitrogens with one attached hydrogen (secondary N) is 1. The second kappa shape index (κ2) is 8.94. The Morgan fingerprint density at radius 3 is 2.22 bits per heavy atom. The Bertz CT molecular complexity index is 955. The maximum absolute atomic E-state index is 12.6. The number of carbonyl (C=O) groups is 5. The third-order valence-electron chi connectivity index (χ3n) is 6.05. The average molecular weight is 440 g/mol. The number of hydrogen-bond donors (Lipinski definition) is 1. The van der Waals surface area contributed by atoms with Crippen LogP contribution in [0.15, 0.2) is 36.4 Å². The van der Waals surface area contributed by atoms with Gasteiger partial charge in [0, 0.05) is 5.69 Å². The van der Waals surface area contributed by atoms with Crippen LogP contribution in [0.2, 0.25) is 0 Å². The first-order valence-corrected chi connectivity index (χ1v) is 10.6. The lowest BCUT2D eigenvalue weighted by molar-refractivity contribution is -0.154. The molecule has 9 heteroatoms. The lowest BCUT2D eigenvalue weighted by Crippen LogP contribution is -2.38. The summed E-state index contributed by atoms with van der Waals surface area (Å²) in [7, 11) is 0. The van der Waals surface area contributed by atoms with E-state index in [1.54, 1.807) is 0 Å². The zero-order chi connectivity index (χ0) is 22.8. The molecule has 2 aliphatic carbocycles. The van der Waals surface area contributed by atoms with Crippen molar-refractivity contribution in [1.29, 1.82) is 0 Å². The molecular formula is C23H24N2O7. The van der Waals surface area contributed by atoms with Gasteiger partial charge in [0.05, 0.1) is 24.0 Å². The van der Waals surface area contributed by atoms with Crippen LogP contribution in [0.3, 0.4) is 0 Å². The molecule has 0 unspecified atom stereocenters. The first-order chi connectivity index (χ1) is 15.4. The van der Waals surface area contributed by atoms with Crippen molar-refractivity contribution >= 4 is 35.3 Å². The topological polar surface area (TPSA) is 119 Å². The SMILES string of the molecule is CCCOC(=O)c1ccc(NC(=O)COC(=O)CN2C(=O)[C@@H]3[C@@H](C2=O)[C@H]2C=C[C@H]3C2)cc1. The molecule has 1 N–H and O–H groups in total. The van der Waals surface area contributed by atoms with Gasteiger partial charge in [0.15, 0.2) is 6.61 Å². The van der Waals surface area contributed by atoms with Gasteiger partial charge in [0.25, 0.3) is 5.91 Å². The zero-order valence-corrected chi connectivity index (χ0v) is 17.6. The number of anilines is 1. The quantitative estimate of drug-likeness (QED) is 0.370. The predicted octanol–water partition coefficient (Wildman–Crippen LogP) is 1.54. The molecular weight excluding hydrogens is 416 g/mol. The highest BCUT2D eigenvalue weighted by Crippen LogP contribution is 2.52. The Morgan fingerprint density at radius 2 is 1.62 bits per heavy atom. The largest absolute Gasteiger partial charge is 0.462 e. The van der Waals surface area contributed by atoms with Crippen molar-refractivity contribution in [2.24, 2.45) is 23.7 Å². The van der Waals surface area contributed by atoms with Crippen molar-refractivity contribution in [3.63, 3.8) is 0 Å². The molecule has 1 heterocycles. The van der Waals surface area contributed by atoms with Crippen LogP contribution in [0, 0.1) is 23.7 Å². The molecule has 0 spiro atoms. The van der Waals surface area contributed by atoms with Gasteiger partial charge in [-0.2, -0.15) is 0 Å². The normalized spacial score (nSPS) is 25.1. The minimum absolute atomic E-state index is 0.0631. The molecule has 9 nitrogen and oxygen atoms in total. The third kappa shape index (κ3) is 4.15. The van der Waals surface area contributed by atoms with Crippen molar-refractivity contribution in [3.8, 4) is 0 Å². The number of rotatable bonds is 8. The lowest BCUT2D eigenvalue weighted by Gasteiger charge is -2.16. The predicted molar refractivity (Wildman–Crippen MR) is 111 cm³/mol. The summed E-state index contributed by atoms with van der Waals surface area (Å²) < 4.78 is 9.98. The molecule has 4 atom stereocenters. The van der Waals surface area contributed by atoms with E-state index in [0.29, 0.717) is 17.9 Å². The van der Waals surface area contributed by atoms with E-state index in [1.807, 2.05) is 19.1 Å². The summed E-state index contributed by atoms with van der Waals surface area (Å²) in [6.07, 6.45) is 5.48. The van der Waals surface area contributed by atoms with Gasteiger partial charge in [0.2, 0.25) is 11.8 Å². The molecule has 1 aromatic carbocycles. The van der Waals surface area contributed by atoms with Gasteiger partial charge < -0.3 is 14.8 Å². The molecule has 1 saturated carbocycles. The number of carbonyl (C=O) groups excluding carboxylic acids is 5. The Morgan fingerprint density at radius 1 is 1.00 bits per heavy atom. The van der Waals surface area contributed by atoms with Crippen LogP contribution in [0.25, 0.3) is 0 Å². The molecule has 2 fully saturated rings. The number of benzene rings is 1. The van der Waals surface area contributed by atoms with E-state index in [9.17, 15) is 24.0 Å². The van der Waals surface area contributed by atoms with Gasteiger partial charge in [-0.25, -0.2) is 4.79 Å². The molecule has 3 amide bonds. The molecule has 0 aromatic heterocycles. The Kier molecular flexibility index (Phi) is 6.07. The van der Waals surface area contributed by atoms with Crippen molar-refractivity contribution in [2.45, 2.75) is 19.8 Å². The van der Waals surface area contributed by atoms with Crippen LogP contribution >= 0.6 is 0 Å². The number of hydrogen-bond acceptors (Lipinski definition) is 7. The molecule has 4 rings (SSSR count). The van der Waals surface area contributed by atoms with E-state index in [1.165, 1.54) is 24.3 Å².